The van der Waals surface area contributed by atoms with Gasteiger partial charge in [-0.3, -0.25) is 4.40 Å². The predicted octanol–water partition coefficient (Wildman–Crippen LogP) is 4.68. The van der Waals surface area contributed by atoms with Gasteiger partial charge in [-0.1, -0.05) is 43.7 Å². The first-order valence-electron chi connectivity index (χ1n) is 10.3. The van der Waals surface area contributed by atoms with Crippen LogP contribution in [0.3, 0.4) is 0 Å². The van der Waals surface area contributed by atoms with Gasteiger partial charge in [0.05, 0.1) is 17.1 Å². The van der Waals surface area contributed by atoms with E-state index in [2.05, 4.69) is 66.7 Å². The maximum atomic E-state index is 5.85. The molecule has 0 aliphatic rings. The molecular formula is C24H28N6. The van der Waals surface area contributed by atoms with Crippen LogP contribution in [0.2, 0.25) is 0 Å². The molecule has 3 N–H and O–H groups in total. The minimum absolute atomic E-state index is 0.270. The lowest BCUT2D eigenvalue weighted by molar-refractivity contribution is 0.556. The fourth-order valence-corrected chi connectivity index (χ4v) is 3.30. The third kappa shape index (κ3) is 3.91. The van der Waals surface area contributed by atoms with Gasteiger partial charge >= 0.3 is 0 Å². The second kappa shape index (κ2) is 8.24. The van der Waals surface area contributed by atoms with Crippen LogP contribution in [-0.2, 0) is 6.54 Å². The van der Waals surface area contributed by atoms with E-state index in [0.717, 1.165) is 33.9 Å². The zero-order valence-corrected chi connectivity index (χ0v) is 17.9. The summed E-state index contributed by atoms with van der Waals surface area (Å²) in [6.07, 6.45) is 3.81. The average molecular weight is 401 g/mol. The van der Waals surface area contributed by atoms with E-state index in [0.29, 0.717) is 18.4 Å². The Morgan fingerprint density at radius 1 is 1.03 bits per heavy atom. The van der Waals surface area contributed by atoms with Gasteiger partial charge in [0.1, 0.15) is 5.65 Å². The summed E-state index contributed by atoms with van der Waals surface area (Å²) in [4.78, 5) is 14.2. The molecule has 0 radical (unpaired) electrons. The number of pyridine rings is 1. The lowest BCUT2D eigenvalue weighted by Crippen LogP contribution is -2.22. The SMILES string of the molecule is Cc1ccc(-c2nc3cc(CN)ccn3c2-c2ccnc(NC(C)C(C)C)n2)cc1. The van der Waals surface area contributed by atoms with Crippen LogP contribution in [0, 0.1) is 12.8 Å². The fourth-order valence-electron chi connectivity index (χ4n) is 3.30. The Morgan fingerprint density at radius 3 is 2.50 bits per heavy atom. The van der Waals surface area contributed by atoms with Crippen molar-refractivity contribution in [1.29, 1.82) is 0 Å². The highest BCUT2D eigenvalue weighted by molar-refractivity contribution is 5.81. The molecular weight excluding hydrogens is 372 g/mol. The molecule has 1 unspecified atom stereocenters. The molecule has 3 heterocycles. The maximum absolute atomic E-state index is 5.85. The third-order valence-corrected chi connectivity index (χ3v) is 5.51. The Balaban J connectivity index is 1.88. The van der Waals surface area contributed by atoms with Crippen molar-refractivity contribution >= 4 is 11.6 Å². The molecule has 4 aromatic rings. The zero-order valence-electron chi connectivity index (χ0n) is 17.9. The van der Waals surface area contributed by atoms with Crippen molar-refractivity contribution in [2.24, 2.45) is 11.7 Å². The lowest BCUT2D eigenvalue weighted by Gasteiger charge is -2.17. The van der Waals surface area contributed by atoms with Crippen LogP contribution in [0.4, 0.5) is 5.95 Å². The topological polar surface area (TPSA) is 81.1 Å². The first-order chi connectivity index (χ1) is 14.5. The Bertz CT molecular complexity index is 1160. The number of hydrogen-bond donors (Lipinski definition) is 2. The minimum atomic E-state index is 0.270. The van der Waals surface area contributed by atoms with Crippen molar-refractivity contribution in [2.75, 3.05) is 5.32 Å². The molecule has 154 valence electrons. The number of hydrogen-bond acceptors (Lipinski definition) is 5. The van der Waals surface area contributed by atoms with E-state index in [4.69, 9.17) is 15.7 Å². The number of fused-ring (bicyclic) bond motifs is 1. The van der Waals surface area contributed by atoms with Crippen LogP contribution in [0.25, 0.3) is 28.3 Å². The Kier molecular flexibility index (Phi) is 5.50. The highest BCUT2D eigenvalue weighted by atomic mass is 15.1. The number of benzene rings is 1. The molecule has 3 aromatic heterocycles. The van der Waals surface area contributed by atoms with Crippen LogP contribution < -0.4 is 11.1 Å². The molecule has 30 heavy (non-hydrogen) atoms. The van der Waals surface area contributed by atoms with Crippen LogP contribution >= 0.6 is 0 Å². The molecule has 0 amide bonds. The summed E-state index contributed by atoms with van der Waals surface area (Å²) in [5, 5.41) is 3.41. The fraction of sp³-hybridized carbons (Fsp3) is 0.292. The summed E-state index contributed by atoms with van der Waals surface area (Å²) < 4.78 is 2.08. The van der Waals surface area contributed by atoms with Crippen molar-refractivity contribution < 1.29 is 0 Å². The molecule has 0 fully saturated rings. The van der Waals surface area contributed by atoms with E-state index in [1.807, 2.05) is 24.4 Å². The summed E-state index contributed by atoms with van der Waals surface area (Å²) in [6, 6.07) is 14.7. The summed E-state index contributed by atoms with van der Waals surface area (Å²) in [5.74, 6) is 1.10. The standard InChI is InChI=1S/C24H28N6/c1-15(2)17(4)27-24-26-11-9-20(28-24)23-22(19-7-5-16(3)6-8-19)29-21-13-18(14-25)10-12-30(21)23/h5-13,15,17H,14,25H2,1-4H3,(H,26,27,28). The number of nitrogens with zero attached hydrogens (tertiary/aromatic N) is 4. The number of aryl methyl sites for hydroxylation is 1. The molecule has 0 bridgehead atoms. The normalized spacial score (nSPS) is 12.5. The van der Waals surface area contributed by atoms with Gasteiger partial charge in [0.15, 0.2) is 0 Å². The summed E-state index contributed by atoms with van der Waals surface area (Å²) in [7, 11) is 0. The lowest BCUT2D eigenvalue weighted by atomic mass is 10.1. The molecule has 0 aliphatic carbocycles. The molecule has 6 heteroatoms. The van der Waals surface area contributed by atoms with Gasteiger partial charge in [0, 0.05) is 30.5 Å². The van der Waals surface area contributed by atoms with E-state index >= 15 is 0 Å². The highest BCUT2D eigenvalue weighted by Gasteiger charge is 2.18. The molecule has 0 saturated carbocycles. The third-order valence-electron chi connectivity index (χ3n) is 5.51. The first kappa shape index (κ1) is 20.0. The molecule has 0 aliphatic heterocycles. The summed E-state index contributed by atoms with van der Waals surface area (Å²) in [6.45, 7) is 9.06. The Morgan fingerprint density at radius 2 is 1.80 bits per heavy atom. The van der Waals surface area contributed by atoms with Gasteiger partial charge in [-0.2, -0.15) is 0 Å². The van der Waals surface area contributed by atoms with E-state index in [9.17, 15) is 0 Å². The Labute approximate surface area is 177 Å². The van der Waals surface area contributed by atoms with Crippen molar-refractivity contribution in [3.63, 3.8) is 0 Å². The second-order valence-electron chi connectivity index (χ2n) is 8.08. The maximum Gasteiger partial charge on any atom is 0.223 e. The number of nitrogens with one attached hydrogen (secondary N) is 1. The zero-order chi connectivity index (χ0) is 21.3. The molecule has 6 nitrogen and oxygen atoms in total. The summed E-state index contributed by atoms with van der Waals surface area (Å²) >= 11 is 0. The molecule has 4 rings (SSSR count). The minimum Gasteiger partial charge on any atom is -0.351 e. The van der Waals surface area contributed by atoms with Gasteiger partial charge in [0.2, 0.25) is 5.95 Å². The molecule has 0 saturated heterocycles. The summed E-state index contributed by atoms with van der Waals surface area (Å²) in [5.41, 5.74) is 12.7. The second-order valence-corrected chi connectivity index (χ2v) is 8.08. The van der Waals surface area contributed by atoms with E-state index < -0.39 is 0 Å². The first-order valence-corrected chi connectivity index (χ1v) is 10.3. The van der Waals surface area contributed by atoms with Gasteiger partial charge in [-0.25, -0.2) is 15.0 Å². The predicted molar refractivity (Wildman–Crippen MR) is 122 cm³/mol. The van der Waals surface area contributed by atoms with Crippen LogP contribution in [0.1, 0.15) is 31.9 Å². The van der Waals surface area contributed by atoms with E-state index in [-0.39, 0.29) is 6.04 Å². The average Bonchev–Trinajstić information content (AvgIpc) is 3.12. The van der Waals surface area contributed by atoms with Crippen molar-refractivity contribution in [1.82, 2.24) is 19.4 Å². The number of rotatable bonds is 6. The van der Waals surface area contributed by atoms with Crippen molar-refractivity contribution in [3.05, 3.63) is 66.0 Å². The van der Waals surface area contributed by atoms with Crippen molar-refractivity contribution in [3.8, 4) is 22.6 Å². The Hall–Kier alpha value is -3.25. The van der Waals surface area contributed by atoms with Crippen LogP contribution in [-0.4, -0.2) is 25.4 Å². The number of imidazole rings is 1. The molecule has 1 aromatic carbocycles. The van der Waals surface area contributed by atoms with Gasteiger partial charge in [-0.15, -0.1) is 0 Å². The van der Waals surface area contributed by atoms with Gasteiger partial charge in [0.25, 0.3) is 0 Å². The quantitative estimate of drug-likeness (QED) is 0.491. The van der Waals surface area contributed by atoms with E-state index in [1.165, 1.54) is 5.56 Å². The van der Waals surface area contributed by atoms with Crippen LogP contribution in [0.5, 0.6) is 0 Å². The van der Waals surface area contributed by atoms with Crippen LogP contribution in [0.15, 0.2) is 54.9 Å². The number of nitrogens with two attached hydrogens (primary N) is 1. The van der Waals surface area contributed by atoms with Gasteiger partial charge < -0.3 is 11.1 Å². The number of aromatic nitrogens is 4. The molecule has 1 atom stereocenters. The molecule has 0 spiro atoms. The van der Waals surface area contributed by atoms with Gasteiger partial charge in [-0.05, 0) is 43.5 Å². The highest BCUT2D eigenvalue weighted by Crippen LogP contribution is 2.32. The monoisotopic (exact) mass is 400 g/mol. The van der Waals surface area contributed by atoms with Crippen molar-refractivity contribution in [2.45, 2.75) is 40.3 Å². The smallest absolute Gasteiger partial charge is 0.223 e. The van der Waals surface area contributed by atoms with E-state index in [1.54, 1.807) is 6.20 Å². The number of anilines is 1. The largest absolute Gasteiger partial charge is 0.351 e.